The lowest BCUT2D eigenvalue weighted by Crippen LogP contribution is -2.49. The van der Waals surface area contributed by atoms with Gasteiger partial charge in [0.05, 0.1) is 0 Å². The molecule has 0 fully saturated rings. The molecule has 0 amide bonds. The minimum Gasteiger partial charge on any atom is -0.338 e. The summed E-state index contributed by atoms with van der Waals surface area (Å²) in [5.74, 6) is -2.50. The minimum atomic E-state index is -1.68. The van der Waals surface area contributed by atoms with Gasteiger partial charge in [-0.15, -0.1) is 0 Å². The first kappa shape index (κ1) is 12.3. The van der Waals surface area contributed by atoms with Crippen molar-refractivity contribution >= 4 is 11.6 Å². The Morgan fingerprint density at radius 2 is 1.31 bits per heavy atom. The van der Waals surface area contributed by atoms with Crippen molar-refractivity contribution in [1.29, 1.82) is 0 Å². The van der Waals surface area contributed by atoms with Gasteiger partial charge in [0.15, 0.2) is 11.6 Å². The number of carbonyl (C=O) groups excluding carboxylic acids is 2. The van der Waals surface area contributed by atoms with E-state index in [1.165, 1.54) is 13.8 Å². The molecule has 76 valence electrons. The maximum atomic E-state index is 11.2. The summed E-state index contributed by atoms with van der Waals surface area (Å²) in [5.41, 5.74) is 0. The normalized spacial score (nSPS) is 11.4. The van der Waals surface area contributed by atoms with Gasteiger partial charge in [0.1, 0.15) is 0 Å². The molecule has 0 aromatic heterocycles. The van der Waals surface area contributed by atoms with Crippen molar-refractivity contribution in [2.75, 3.05) is 13.2 Å². The number of ketones is 2. The maximum absolute atomic E-state index is 11.2. The average Bonchev–Trinajstić information content (AvgIpc) is 2.03. The van der Waals surface area contributed by atoms with Gasteiger partial charge in [-0.2, -0.15) is 0 Å². The van der Waals surface area contributed by atoms with Crippen LogP contribution < -0.4 is 0 Å². The second-order valence-corrected chi connectivity index (χ2v) is 2.59. The van der Waals surface area contributed by atoms with Gasteiger partial charge in [-0.1, -0.05) is 0 Å². The van der Waals surface area contributed by atoms with E-state index in [0.29, 0.717) is 0 Å². The smallest absolute Gasteiger partial charge is 0.289 e. The van der Waals surface area contributed by atoms with E-state index in [-0.39, 0.29) is 13.2 Å². The van der Waals surface area contributed by atoms with Crippen LogP contribution in [0.1, 0.15) is 27.7 Å². The van der Waals surface area contributed by atoms with E-state index in [1.807, 2.05) is 0 Å². The molecule has 0 aliphatic rings. The Morgan fingerprint density at radius 3 is 1.46 bits per heavy atom. The lowest BCUT2D eigenvalue weighted by molar-refractivity contribution is -0.218. The van der Waals surface area contributed by atoms with Crippen LogP contribution >= 0.6 is 0 Å². The van der Waals surface area contributed by atoms with Crippen molar-refractivity contribution in [2.45, 2.75) is 33.5 Å². The van der Waals surface area contributed by atoms with Gasteiger partial charge in [0, 0.05) is 27.1 Å². The monoisotopic (exact) mass is 188 g/mol. The highest BCUT2D eigenvalue weighted by Crippen LogP contribution is 2.16. The molecule has 0 bridgehead atoms. The first-order valence-electron chi connectivity index (χ1n) is 4.31. The molecule has 0 atom stereocenters. The number of hydrogen-bond acceptors (Lipinski definition) is 4. The highest BCUT2D eigenvalue weighted by Gasteiger charge is 2.42. The average molecular weight is 188 g/mol. The van der Waals surface area contributed by atoms with Gasteiger partial charge < -0.3 is 9.47 Å². The third kappa shape index (κ3) is 2.60. The fraction of sp³-hybridized carbons (Fsp3) is 0.778. The molecule has 0 heterocycles. The highest BCUT2D eigenvalue weighted by atomic mass is 16.7. The van der Waals surface area contributed by atoms with Crippen molar-refractivity contribution in [1.82, 2.24) is 0 Å². The summed E-state index contributed by atoms with van der Waals surface area (Å²) in [4.78, 5) is 22.4. The van der Waals surface area contributed by atoms with Crippen LogP contribution in [0.5, 0.6) is 0 Å². The summed E-state index contributed by atoms with van der Waals surface area (Å²) in [6.45, 7) is 6.51. The van der Waals surface area contributed by atoms with Crippen molar-refractivity contribution in [3.8, 4) is 0 Å². The summed E-state index contributed by atoms with van der Waals surface area (Å²) in [7, 11) is 0. The molecule has 0 radical (unpaired) electrons. The molecule has 0 aromatic rings. The zero-order valence-corrected chi connectivity index (χ0v) is 8.55. The van der Waals surface area contributed by atoms with Crippen LogP contribution in [0.2, 0.25) is 0 Å². The second kappa shape index (κ2) is 5.09. The zero-order valence-electron chi connectivity index (χ0n) is 8.55. The Bertz CT molecular complexity index is 176. The number of rotatable bonds is 6. The molecule has 4 nitrogen and oxygen atoms in total. The van der Waals surface area contributed by atoms with Crippen LogP contribution in [0, 0.1) is 0 Å². The van der Waals surface area contributed by atoms with Gasteiger partial charge in [-0.25, -0.2) is 0 Å². The first-order chi connectivity index (χ1) is 6.01. The van der Waals surface area contributed by atoms with Crippen molar-refractivity contribution in [3.05, 3.63) is 0 Å². The quantitative estimate of drug-likeness (QED) is 0.459. The first-order valence-corrected chi connectivity index (χ1v) is 4.31. The van der Waals surface area contributed by atoms with Crippen LogP contribution in [0.25, 0.3) is 0 Å². The summed E-state index contributed by atoms with van der Waals surface area (Å²) < 4.78 is 10.1. The second-order valence-electron chi connectivity index (χ2n) is 2.59. The maximum Gasteiger partial charge on any atom is 0.289 e. The lowest BCUT2D eigenvalue weighted by atomic mass is 10.1. The standard InChI is InChI=1S/C9H16O4/c1-5-12-9(7(3)10,8(4)11)13-6-2/h5-6H2,1-4H3. The van der Waals surface area contributed by atoms with Gasteiger partial charge >= 0.3 is 0 Å². The zero-order chi connectivity index (χ0) is 10.5. The van der Waals surface area contributed by atoms with Crippen LogP contribution in [0.3, 0.4) is 0 Å². The van der Waals surface area contributed by atoms with E-state index in [4.69, 9.17) is 9.47 Å². The number of hydrogen-bond donors (Lipinski definition) is 0. The van der Waals surface area contributed by atoms with Crippen LogP contribution in [0.4, 0.5) is 0 Å². The van der Waals surface area contributed by atoms with E-state index >= 15 is 0 Å². The summed E-state index contributed by atoms with van der Waals surface area (Å²) in [6, 6.07) is 0. The molecule has 0 saturated carbocycles. The Hall–Kier alpha value is -0.740. The predicted molar refractivity (Wildman–Crippen MR) is 47.3 cm³/mol. The van der Waals surface area contributed by atoms with Crippen molar-refractivity contribution in [2.24, 2.45) is 0 Å². The molecule has 4 heteroatoms. The molecule has 0 aliphatic carbocycles. The summed E-state index contributed by atoms with van der Waals surface area (Å²) in [6.07, 6.45) is 0. The molecular formula is C9H16O4. The van der Waals surface area contributed by atoms with Crippen molar-refractivity contribution in [3.63, 3.8) is 0 Å². The third-order valence-electron chi connectivity index (χ3n) is 1.62. The van der Waals surface area contributed by atoms with Gasteiger partial charge in [0.2, 0.25) is 0 Å². The molecule has 13 heavy (non-hydrogen) atoms. The number of carbonyl (C=O) groups is 2. The molecule has 0 rings (SSSR count). The van der Waals surface area contributed by atoms with Crippen LogP contribution in [-0.2, 0) is 19.1 Å². The van der Waals surface area contributed by atoms with Gasteiger partial charge in [-0.05, 0) is 13.8 Å². The largest absolute Gasteiger partial charge is 0.338 e. The van der Waals surface area contributed by atoms with Gasteiger partial charge in [0.25, 0.3) is 5.79 Å². The fourth-order valence-electron chi connectivity index (χ4n) is 1.10. The van der Waals surface area contributed by atoms with E-state index in [1.54, 1.807) is 13.8 Å². The van der Waals surface area contributed by atoms with E-state index in [0.717, 1.165) is 0 Å². The fourth-order valence-corrected chi connectivity index (χ4v) is 1.10. The SMILES string of the molecule is CCOC(OCC)(C(C)=O)C(C)=O. The predicted octanol–water partition coefficient (Wildman–Crippen LogP) is 0.934. The summed E-state index contributed by atoms with van der Waals surface area (Å²) in [5, 5.41) is 0. The topological polar surface area (TPSA) is 52.6 Å². The van der Waals surface area contributed by atoms with E-state index < -0.39 is 17.4 Å². The molecular weight excluding hydrogens is 172 g/mol. The molecule has 0 aliphatic heterocycles. The molecule has 0 N–H and O–H groups in total. The lowest BCUT2D eigenvalue weighted by Gasteiger charge is -2.27. The van der Waals surface area contributed by atoms with E-state index in [2.05, 4.69) is 0 Å². The molecule has 0 spiro atoms. The van der Waals surface area contributed by atoms with Crippen LogP contribution in [0.15, 0.2) is 0 Å². The molecule has 0 aromatic carbocycles. The molecule has 0 saturated heterocycles. The Morgan fingerprint density at radius 1 is 1.00 bits per heavy atom. The highest BCUT2D eigenvalue weighted by molar-refractivity contribution is 6.06. The number of Topliss-reactive ketones (excluding diaryl/α,β-unsaturated/α-hetero) is 2. The minimum absolute atomic E-state index is 0.263. The Labute approximate surface area is 78.2 Å². The summed E-state index contributed by atoms with van der Waals surface area (Å²) >= 11 is 0. The Kier molecular flexibility index (Phi) is 4.80. The van der Waals surface area contributed by atoms with Crippen molar-refractivity contribution < 1.29 is 19.1 Å². The number of ether oxygens (including phenoxy) is 2. The molecule has 0 unspecified atom stereocenters. The van der Waals surface area contributed by atoms with Gasteiger partial charge in [-0.3, -0.25) is 9.59 Å². The van der Waals surface area contributed by atoms with Crippen LogP contribution in [-0.4, -0.2) is 30.6 Å². The third-order valence-corrected chi connectivity index (χ3v) is 1.62. The van der Waals surface area contributed by atoms with E-state index in [9.17, 15) is 9.59 Å². The Balaban J connectivity index is 4.80.